The van der Waals surface area contributed by atoms with Crippen LogP contribution in [0.15, 0.2) is 0 Å². The van der Waals surface area contributed by atoms with Gasteiger partial charge in [-0.15, -0.1) is 11.8 Å². The maximum atomic E-state index is 4.50. The molecule has 1 saturated heterocycles. The Morgan fingerprint density at radius 3 is 2.33 bits per heavy atom. The van der Waals surface area contributed by atoms with E-state index in [0.717, 1.165) is 0 Å². The van der Waals surface area contributed by atoms with Crippen LogP contribution < -0.4 is 5.73 Å². The fourth-order valence-electron chi connectivity index (χ4n) is 0.721. The standard InChI is InChI=1S/C5H11NS.CH5N/c1-6-3-2-4-7-5-6;1-2/h2-5H2,1H3;2H2,1H3. The zero-order chi connectivity index (χ0) is 7.11. The van der Waals surface area contributed by atoms with Gasteiger partial charge in [0, 0.05) is 5.88 Å². The Morgan fingerprint density at radius 1 is 1.44 bits per heavy atom. The van der Waals surface area contributed by atoms with E-state index in [1.165, 1.54) is 31.6 Å². The summed E-state index contributed by atoms with van der Waals surface area (Å²) in [4.78, 5) is 2.36. The lowest BCUT2D eigenvalue weighted by atomic mass is 10.4. The Bertz CT molecular complexity index is 53.0. The minimum atomic E-state index is 1.24. The number of thioether (sulfide) groups is 1. The Balaban J connectivity index is 0.000000291. The molecule has 0 atom stereocenters. The van der Waals surface area contributed by atoms with Crippen molar-refractivity contribution in [3.63, 3.8) is 0 Å². The van der Waals surface area contributed by atoms with Crippen LogP contribution in [0.4, 0.5) is 0 Å². The fraction of sp³-hybridized carbons (Fsp3) is 1.00. The molecule has 1 fully saturated rings. The SMILES string of the molecule is CN.CN1CCCSC1. The summed E-state index contributed by atoms with van der Waals surface area (Å²) < 4.78 is 0. The summed E-state index contributed by atoms with van der Waals surface area (Å²) >= 11 is 2.03. The number of rotatable bonds is 0. The second kappa shape index (κ2) is 6.39. The van der Waals surface area contributed by atoms with Gasteiger partial charge in [0.2, 0.25) is 0 Å². The molecule has 0 radical (unpaired) electrons. The van der Waals surface area contributed by atoms with Crippen LogP contribution in [0.1, 0.15) is 6.42 Å². The maximum Gasteiger partial charge on any atom is 0.0441 e. The summed E-state index contributed by atoms with van der Waals surface area (Å²) in [6, 6.07) is 0. The molecule has 0 unspecified atom stereocenters. The van der Waals surface area contributed by atoms with Gasteiger partial charge in [0.05, 0.1) is 0 Å². The maximum absolute atomic E-state index is 4.50. The molecule has 1 aliphatic heterocycles. The van der Waals surface area contributed by atoms with Crippen LogP contribution in [0.3, 0.4) is 0 Å². The summed E-state index contributed by atoms with van der Waals surface area (Å²) in [5.41, 5.74) is 4.50. The Morgan fingerprint density at radius 2 is 2.11 bits per heavy atom. The Hall–Kier alpha value is 0.270. The smallest absolute Gasteiger partial charge is 0.0441 e. The first-order valence-corrected chi connectivity index (χ1v) is 4.39. The van der Waals surface area contributed by atoms with Gasteiger partial charge in [0.1, 0.15) is 0 Å². The van der Waals surface area contributed by atoms with E-state index in [2.05, 4.69) is 17.7 Å². The van der Waals surface area contributed by atoms with Crippen molar-refractivity contribution in [3.8, 4) is 0 Å². The van der Waals surface area contributed by atoms with Crippen molar-refractivity contribution in [2.75, 3.05) is 32.3 Å². The van der Waals surface area contributed by atoms with Crippen molar-refractivity contribution in [2.24, 2.45) is 5.73 Å². The van der Waals surface area contributed by atoms with Crippen molar-refractivity contribution in [3.05, 3.63) is 0 Å². The van der Waals surface area contributed by atoms with Gasteiger partial charge in [-0.05, 0) is 32.8 Å². The van der Waals surface area contributed by atoms with Crippen molar-refractivity contribution < 1.29 is 0 Å². The molecule has 0 bridgehead atoms. The average Bonchev–Trinajstić information content (AvgIpc) is 1.94. The van der Waals surface area contributed by atoms with E-state index < -0.39 is 0 Å². The predicted octanol–water partition coefficient (Wildman–Crippen LogP) is 0.587. The van der Waals surface area contributed by atoms with Crippen molar-refractivity contribution in [1.29, 1.82) is 0 Å². The molecule has 0 aliphatic carbocycles. The summed E-state index contributed by atoms with van der Waals surface area (Å²) in [7, 11) is 3.67. The molecule has 56 valence electrons. The Kier molecular flexibility index (Phi) is 6.58. The molecular weight excluding hydrogens is 132 g/mol. The second-order valence-corrected chi connectivity index (χ2v) is 3.05. The lowest BCUT2D eigenvalue weighted by molar-refractivity contribution is 0.384. The van der Waals surface area contributed by atoms with Crippen molar-refractivity contribution >= 4 is 11.8 Å². The van der Waals surface area contributed by atoms with E-state index in [9.17, 15) is 0 Å². The van der Waals surface area contributed by atoms with Crippen LogP contribution in [0.25, 0.3) is 0 Å². The fourth-order valence-corrected chi connectivity index (χ4v) is 1.62. The highest BCUT2D eigenvalue weighted by Gasteiger charge is 2.02. The topological polar surface area (TPSA) is 29.3 Å². The molecule has 0 aromatic carbocycles. The second-order valence-electron chi connectivity index (χ2n) is 1.97. The average molecular weight is 148 g/mol. The van der Waals surface area contributed by atoms with Crippen LogP contribution in [0.2, 0.25) is 0 Å². The monoisotopic (exact) mass is 148 g/mol. The molecule has 3 heteroatoms. The highest BCUT2D eigenvalue weighted by Crippen LogP contribution is 2.10. The van der Waals surface area contributed by atoms with E-state index in [1.807, 2.05) is 11.8 Å². The van der Waals surface area contributed by atoms with Crippen molar-refractivity contribution in [2.45, 2.75) is 6.42 Å². The van der Waals surface area contributed by atoms with Gasteiger partial charge in [-0.1, -0.05) is 0 Å². The third-order valence-corrected chi connectivity index (χ3v) is 2.34. The first kappa shape index (κ1) is 9.27. The molecule has 0 aromatic rings. The van der Waals surface area contributed by atoms with Crippen molar-refractivity contribution in [1.82, 2.24) is 4.90 Å². The zero-order valence-corrected chi connectivity index (χ0v) is 7.08. The van der Waals surface area contributed by atoms with E-state index in [0.29, 0.717) is 0 Å². The molecule has 0 saturated carbocycles. The van der Waals surface area contributed by atoms with Crippen LogP contribution in [0, 0.1) is 0 Å². The minimum Gasteiger partial charge on any atom is -0.333 e. The number of hydrogen-bond acceptors (Lipinski definition) is 3. The number of hydrogen-bond donors (Lipinski definition) is 1. The molecule has 9 heavy (non-hydrogen) atoms. The van der Waals surface area contributed by atoms with E-state index >= 15 is 0 Å². The largest absolute Gasteiger partial charge is 0.333 e. The molecule has 1 heterocycles. The van der Waals surface area contributed by atoms with Gasteiger partial charge in [-0.3, -0.25) is 4.90 Å². The van der Waals surface area contributed by atoms with Crippen LogP contribution >= 0.6 is 11.8 Å². The molecule has 0 aromatic heterocycles. The van der Waals surface area contributed by atoms with Gasteiger partial charge in [-0.25, -0.2) is 0 Å². The zero-order valence-electron chi connectivity index (χ0n) is 6.26. The van der Waals surface area contributed by atoms with Gasteiger partial charge in [0.15, 0.2) is 0 Å². The molecule has 0 amide bonds. The molecule has 2 nitrogen and oxygen atoms in total. The minimum absolute atomic E-state index is 1.24. The highest BCUT2D eigenvalue weighted by molar-refractivity contribution is 7.99. The van der Waals surface area contributed by atoms with Gasteiger partial charge < -0.3 is 5.73 Å². The Labute approximate surface area is 61.8 Å². The molecule has 0 spiro atoms. The quantitative estimate of drug-likeness (QED) is 0.545. The van der Waals surface area contributed by atoms with Gasteiger partial charge in [-0.2, -0.15) is 0 Å². The summed E-state index contributed by atoms with van der Waals surface area (Å²) in [5.74, 6) is 2.60. The normalized spacial score (nSPS) is 20.3. The lowest BCUT2D eigenvalue weighted by Gasteiger charge is -2.20. The summed E-state index contributed by atoms with van der Waals surface area (Å²) in [5, 5.41) is 0. The van der Waals surface area contributed by atoms with Gasteiger partial charge >= 0.3 is 0 Å². The third kappa shape index (κ3) is 4.75. The highest BCUT2D eigenvalue weighted by atomic mass is 32.2. The van der Waals surface area contributed by atoms with E-state index in [4.69, 9.17) is 0 Å². The molecule has 1 aliphatic rings. The van der Waals surface area contributed by atoms with Crippen LogP contribution in [0.5, 0.6) is 0 Å². The molecule has 1 rings (SSSR count). The van der Waals surface area contributed by atoms with E-state index in [1.54, 1.807) is 0 Å². The third-order valence-electron chi connectivity index (χ3n) is 1.14. The van der Waals surface area contributed by atoms with Crippen LogP contribution in [-0.4, -0.2) is 37.2 Å². The summed E-state index contributed by atoms with van der Waals surface area (Å²) in [6.45, 7) is 1.30. The number of nitrogens with two attached hydrogens (primary N) is 1. The molecule has 2 N–H and O–H groups in total. The van der Waals surface area contributed by atoms with Gasteiger partial charge in [0.25, 0.3) is 0 Å². The first-order valence-electron chi connectivity index (χ1n) is 3.23. The predicted molar refractivity (Wildman–Crippen MR) is 44.7 cm³/mol. The lowest BCUT2D eigenvalue weighted by Crippen LogP contribution is -2.23. The summed E-state index contributed by atoms with van der Waals surface area (Å²) in [6.07, 6.45) is 1.38. The first-order chi connectivity index (χ1) is 4.39. The van der Waals surface area contributed by atoms with E-state index in [-0.39, 0.29) is 0 Å². The number of nitrogens with zero attached hydrogens (tertiary/aromatic N) is 1. The van der Waals surface area contributed by atoms with Crippen LogP contribution in [-0.2, 0) is 0 Å². The molecular formula is C6H16N2S.